The Labute approximate surface area is 119 Å². The van der Waals surface area contributed by atoms with E-state index < -0.39 is 18.5 Å². The fraction of sp³-hybridized carbons (Fsp3) is 0.533. The average molecular weight is 296 g/mol. The van der Waals surface area contributed by atoms with Gasteiger partial charge in [-0.2, -0.15) is 0 Å². The molecule has 0 spiro atoms. The van der Waals surface area contributed by atoms with Gasteiger partial charge in [0.1, 0.15) is 5.16 Å². The fourth-order valence-electron chi connectivity index (χ4n) is 3.19. The van der Waals surface area contributed by atoms with Crippen molar-refractivity contribution in [2.45, 2.75) is 44.7 Å². The maximum Gasteiger partial charge on any atom is 0.339 e. The van der Waals surface area contributed by atoms with Crippen molar-refractivity contribution >= 4 is 13.4 Å². The third-order valence-corrected chi connectivity index (χ3v) is 6.39. The zero-order chi connectivity index (χ0) is 15.0. The number of rotatable bonds is 3. The summed E-state index contributed by atoms with van der Waals surface area (Å²) in [6.07, 6.45) is 2.56. The van der Waals surface area contributed by atoms with Gasteiger partial charge in [-0.05, 0) is 25.7 Å². The highest BCUT2D eigenvalue weighted by atomic mass is 31.2. The molecular formula is C15H21O4P. The van der Waals surface area contributed by atoms with Gasteiger partial charge >= 0.3 is 7.60 Å². The van der Waals surface area contributed by atoms with Crippen molar-refractivity contribution < 1.29 is 19.1 Å². The van der Waals surface area contributed by atoms with Crippen molar-refractivity contribution in [1.82, 2.24) is 0 Å². The van der Waals surface area contributed by atoms with Gasteiger partial charge in [0.25, 0.3) is 0 Å². The minimum Gasteiger partial charge on any atom is -0.324 e. The molecule has 110 valence electrons. The lowest BCUT2D eigenvalue weighted by atomic mass is 9.75. The Hall–Kier alpha value is -0.960. The minimum absolute atomic E-state index is 0.269. The molecule has 0 heterocycles. The summed E-state index contributed by atoms with van der Waals surface area (Å²) in [5, 5.41) is -1.54. The van der Waals surface area contributed by atoms with Crippen LogP contribution in [0.1, 0.15) is 48.5 Å². The van der Waals surface area contributed by atoms with E-state index in [1.807, 2.05) is 6.92 Å². The maximum absolute atomic E-state index is 12.8. The van der Waals surface area contributed by atoms with E-state index in [1.165, 1.54) is 0 Å². The Kier molecular flexibility index (Phi) is 4.19. The number of hydrogen-bond acceptors (Lipinski definition) is 2. The number of ketones is 1. The van der Waals surface area contributed by atoms with Crippen LogP contribution in [0.2, 0.25) is 0 Å². The van der Waals surface area contributed by atoms with E-state index in [1.54, 1.807) is 31.2 Å². The predicted octanol–water partition coefficient (Wildman–Crippen LogP) is 3.30. The van der Waals surface area contributed by atoms with Crippen molar-refractivity contribution in [3.05, 3.63) is 35.4 Å². The van der Waals surface area contributed by atoms with Crippen LogP contribution >= 0.6 is 7.60 Å². The normalized spacial score (nSPS) is 27.3. The minimum atomic E-state index is -4.51. The summed E-state index contributed by atoms with van der Waals surface area (Å²) >= 11 is 0. The average Bonchev–Trinajstić information content (AvgIpc) is 2.38. The molecule has 1 aromatic rings. The van der Waals surface area contributed by atoms with E-state index in [2.05, 4.69) is 0 Å². The van der Waals surface area contributed by atoms with Gasteiger partial charge in [0.15, 0.2) is 5.78 Å². The number of aryl methyl sites for hydroxylation is 1. The second-order valence-electron chi connectivity index (χ2n) is 5.81. The summed E-state index contributed by atoms with van der Waals surface area (Å²) < 4.78 is 12.1. The fourth-order valence-corrected chi connectivity index (χ4v) is 4.73. The number of Topliss-reactive ketones (excluding diaryl/α,β-unsaturated/α-hetero) is 1. The number of carbonyl (C=O) groups is 1. The van der Waals surface area contributed by atoms with Crippen molar-refractivity contribution in [3.8, 4) is 0 Å². The summed E-state index contributed by atoms with van der Waals surface area (Å²) in [5.74, 6) is -0.705. The van der Waals surface area contributed by atoms with Crippen LogP contribution < -0.4 is 0 Å². The lowest BCUT2D eigenvalue weighted by molar-refractivity contribution is 0.0839. The first-order chi connectivity index (χ1) is 9.29. The molecule has 1 aromatic carbocycles. The summed E-state index contributed by atoms with van der Waals surface area (Å²) in [4.78, 5) is 32.5. The number of carbonyl (C=O) groups excluding carboxylic acids is 1. The van der Waals surface area contributed by atoms with Gasteiger partial charge in [-0.3, -0.25) is 9.36 Å². The molecule has 0 aromatic heterocycles. The van der Waals surface area contributed by atoms with Gasteiger partial charge in [-0.1, -0.05) is 49.6 Å². The van der Waals surface area contributed by atoms with Gasteiger partial charge in [0.05, 0.1) is 0 Å². The molecule has 0 aliphatic heterocycles. The lowest BCUT2D eigenvalue weighted by Crippen LogP contribution is -2.46. The SMILES string of the molecule is Cc1ccc(C(=O)C2(P(=O)(O)O)CCCCC2C)cc1. The molecule has 1 aliphatic rings. The first kappa shape index (κ1) is 15.4. The third-order valence-electron chi connectivity index (χ3n) is 4.49. The van der Waals surface area contributed by atoms with Crippen molar-refractivity contribution in [1.29, 1.82) is 0 Å². The highest BCUT2D eigenvalue weighted by Gasteiger charge is 2.57. The van der Waals surface area contributed by atoms with E-state index in [0.29, 0.717) is 18.4 Å². The molecule has 1 aliphatic carbocycles. The molecule has 20 heavy (non-hydrogen) atoms. The summed E-state index contributed by atoms with van der Waals surface area (Å²) in [5.41, 5.74) is 1.41. The van der Waals surface area contributed by atoms with Crippen LogP contribution in [0.3, 0.4) is 0 Å². The van der Waals surface area contributed by atoms with Crippen LogP contribution in [-0.4, -0.2) is 20.7 Å². The van der Waals surface area contributed by atoms with Gasteiger partial charge in [-0.25, -0.2) is 0 Å². The quantitative estimate of drug-likeness (QED) is 0.663. The first-order valence-electron chi connectivity index (χ1n) is 6.96. The van der Waals surface area contributed by atoms with Crippen molar-refractivity contribution in [2.75, 3.05) is 0 Å². The Bertz CT molecular complexity index is 545. The standard InChI is InChI=1S/C15H21O4P/c1-11-6-8-13(9-7-11)14(16)15(20(17,18)19)10-4-3-5-12(15)2/h6-9,12H,3-5,10H2,1-2H3,(H2,17,18,19). The highest BCUT2D eigenvalue weighted by molar-refractivity contribution is 7.55. The Morgan fingerprint density at radius 3 is 2.35 bits per heavy atom. The molecular weight excluding hydrogens is 275 g/mol. The molecule has 0 bridgehead atoms. The molecule has 2 unspecified atom stereocenters. The van der Waals surface area contributed by atoms with E-state index in [0.717, 1.165) is 12.0 Å². The zero-order valence-corrected chi connectivity index (χ0v) is 12.8. The highest BCUT2D eigenvalue weighted by Crippen LogP contribution is 2.61. The van der Waals surface area contributed by atoms with E-state index in [-0.39, 0.29) is 12.3 Å². The van der Waals surface area contributed by atoms with Crippen LogP contribution in [-0.2, 0) is 4.57 Å². The summed E-state index contributed by atoms with van der Waals surface area (Å²) in [6.45, 7) is 3.70. The molecule has 1 saturated carbocycles. The topological polar surface area (TPSA) is 74.6 Å². The molecule has 0 saturated heterocycles. The van der Waals surface area contributed by atoms with Crippen LogP contribution in [0.25, 0.3) is 0 Å². The molecule has 0 amide bonds. The first-order valence-corrected chi connectivity index (χ1v) is 8.57. The molecule has 4 nitrogen and oxygen atoms in total. The van der Waals surface area contributed by atoms with Crippen LogP contribution in [0.15, 0.2) is 24.3 Å². The van der Waals surface area contributed by atoms with Gasteiger partial charge in [0.2, 0.25) is 0 Å². The maximum atomic E-state index is 12.8. The van der Waals surface area contributed by atoms with E-state index in [9.17, 15) is 19.1 Å². The molecule has 5 heteroatoms. The number of hydrogen-bond donors (Lipinski definition) is 2. The Balaban J connectivity index is 2.49. The summed E-state index contributed by atoms with van der Waals surface area (Å²) in [7, 11) is -4.51. The Morgan fingerprint density at radius 1 is 1.25 bits per heavy atom. The smallest absolute Gasteiger partial charge is 0.324 e. The van der Waals surface area contributed by atoms with Crippen molar-refractivity contribution in [3.63, 3.8) is 0 Å². The zero-order valence-electron chi connectivity index (χ0n) is 11.9. The molecule has 0 radical (unpaired) electrons. The van der Waals surface area contributed by atoms with Crippen molar-refractivity contribution in [2.24, 2.45) is 5.92 Å². The monoisotopic (exact) mass is 296 g/mol. The second-order valence-corrected chi connectivity index (χ2v) is 7.70. The van der Waals surface area contributed by atoms with Gasteiger partial charge in [-0.15, -0.1) is 0 Å². The number of benzene rings is 1. The summed E-state index contributed by atoms with van der Waals surface area (Å²) in [6, 6.07) is 6.93. The molecule has 2 atom stereocenters. The van der Waals surface area contributed by atoms with Gasteiger partial charge in [0, 0.05) is 5.56 Å². The molecule has 2 rings (SSSR count). The van der Waals surface area contributed by atoms with E-state index in [4.69, 9.17) is 0 Å². The second kappa shape index (κ2) is 5.44. The third kappa shape index (κ3) is 2.48. The largest absolute Gasteiger partial charge is 0.339 e. The molecule has 1 fully saturated rings. The van der Waals surface area contributed by atoms with Gasteiger partial charge < -0.3 is 9.79 Å². The lowest BCUT2D eigenvalue weighted by Gasteiger charge is -2.41. The van der Waals surface area contributed by atoms with Crippen LogP contribution in [0.4, 0.5) is 0 Å². The van der Waals surface area contributed by atoms with Crippen LogP contribution in [0, 0.1) is 12.8 Å². The van der Waals surface area contributed by atoms with E-state index >= 15 is 0 Å². The predicted molar refractivity (Wildman–Crippen MR) is 77.9 cm³/mol. The Morgan fingerprint density at radius 2 is 1.85 bits per heavy atom. The van der Waals surface area contributed by atoms with Crippen LogP contribution in [0.5, 0.6) is 0 Å². The molecule has 2 N–H and O–H groups in total.